The number of hydrogen-bond donors (Lipinski definition) is 0. The second-order valence-corrected chi connectivity index (χ2v) is 9.71. The molecule has 10 nitrogen and oxygen atoms in total. The number of hydrogen-bond acceptors (Lipinski definition) is 7. The number of anilines is 1. The number of amides is 1. The van der Waals surface area contributed by atoms with Crippen LogP contribution in [0.3, 0.4) is 0 Å². The second kappa shape index (κ2) is 10.6. The van der Waals surface area contributed by atoms with Gasteiger partial charge in [-0.1, -0.05) is 12.1 Å². The van der Waals surface area contributed by atoms with Crippen LogP contribution in [0.25, 0.3) is 28.2 Å². The van der Waals surface area contributed by atoms with Crippen molar-refractivity contribution in [1.29, 1.82) is 0 Å². The lowest BCUT2D eigenvalue weighted by Crippen LogP contribution is -2.37. The number of carbonyl (C=O) groups is 1. The van der Waals surface area contributed by atoms with Crippen LogP contribution in [0, 0.1) is 0 Å². The summed E-state index contributed by atoms with van der Waals surface area (Å²) in [5.74, 6) is 0.795. The molecule has 2 aliphatic heterocycles. The lowest BCUT2D eigenvalue weighted by Gasteiger charge is -2.32. The minimum atomic E-state index is -2.90. The number of benzene rings is 1. The Morgan fingerprint density at radius 1 is 1.10 bits per heavy atom. The van der Waals surface area contributed by atoms with Gasteiger partial charge in [-0.25, -0.2) is 14.6 Å². The molecule has 6 rings (SSSR count). The molecule has 2 aliphatic rings. The van der Waals surface area contributed by atoms with E-state index in [1.165, 1.54) is 12.1 Å². The molecule has 2 saturated heterocycles. The minimum Gasteiger partial charge on any atom is -0.435 e. The first-order valence-electron chi connectivity index (χ1n) is 13.0. The predicted molar refractivity (Wildman–Crippen MR) is 140 cm³/mol. The summed E-state index contributed by atoms with van der Waals surface area (Å²) in [7, 11) is 0. The number of aromatic nitrogens is 5. The van der Waals surface area contributed by atoms with Gasteiger partial charge in [-0.05, 0) is 31.0 Å². The van der Waals surface area contributed by atoms with Crippen molar-refractivity contribution in [3.8, 4) is 22.8 Å². The second-order valence-electron chi connectivity index (χ2n) is 9.71. The zero-order valence-corrected chi connectivity index (χ0v) is 21.5. The molecule has 2 fully saturated rings. The summed E-state index contributed by atoms with van der Waals surface area (Å²) in [6.45, 7) is 2.85. The van der Waals surface area contributed by atoms with Crippen molar-refractivity contribution in [2.75, 3.05) is 44.3 Å². The molecule has 0 N–H and O–H groups in total. The molecule has 0 spiro atoms. The minimum absolute atomic E-state index is 0.0749. The van der Waals surface area contributed by atoms with Gasteiger partial charge in [0.25, 0.3) is 0 Å². The highest BCUT2D eigenvalue weighted by Gasteiger charge is 2.26. The van der Waals surface area contributed by atoms with E-state index in [0.717, 1.165) is 42.8 Å². The first-order chi connectivity index (χ1) is 19.0. The molecule has 204 valence electrons. The average molecular weight is 538 g/mol. The largest absolute Gasteiger partial charge is 0.435 e. The number of alkyl halides is 2. The van der Waals surface area contributed by atoms with Crippen LogP contribution >= 0.6 is 0 Å². The first-order valence-corrected chi connectivity index (χ1v) is 13.0. The van der Waals surface area contributed by atoms with E-state index in [-0.39, 0.29) is 17.7 Å². The number of halogens is 2. The molecule has 1 aromatic carbocycles. The average Bonchev–Trinajstić information content (AvgIpc) is 3.61. The van der Waals surface area contributed by atoms with Gasteiger partial charge in [0.2, 0.25) is 5.91 Å². The van der Waals surface area contributed by atoms with E-state index in [1.807, 2.05) is 23.4 Å². The molecule has 12 heteroatoms. The van der Waals surface area contributed by atoms with Crippen molar-refractivity contribution in [3.05, 3.63) is 48.9 Å². The molecule has 3 aromatic heterocycles. The van der Waals surface area contributed by atoms with Crippen molar-refractivity contribution in [1.82, 2.24) is 29.2 Å². The first kappa shape index (κ1) is 25.2. The molecule has 0 saturated carbocycles. The molecule has 4 aromatic rings. The maximum absolute atomic E-state index is 12.7. The lowest BCUT2D eigenvalue weighted by molar-refractivity contribution is -0.130. The van der Waals surface area contributed by atoms with Gasteiger partial charge < -0.3 is 23.8 Å². The highest BCUT2D eigenvalue weighted by Crippen LogP contribution is 2.33. The van der Waals surface area contributed by atoms with Crippen LogP contribution in [-0.4, -0.2) is 81.1 Å². The molecule has 0 radical (unpaired) electrons. The summed E-state index contributed by atoms with van der Waals surface area (Å²) in [6.07, 6.45) is 5.31. The van der Waals surface area contributed by atoms with Crippen molar-refractivity contribution < 1.29 is 23.0 Å². The monoisotopic (exact) mass is 537 g/mol. The topological polar surface area (TPSA) is 90.5 Å². The molecular formula is C27H29F2N7O3. The maximum Gasteiger partial charge on any atom is 0.387 e. The highest BCUT2D eigenvalue weighted by molar-refractivity contribution is 5.88. The van der Waals surface area contributed by atoms with E-state index in [1.54, 1.807) is 29.9 Å². The van der Waals surface area contributed by atoms with Crippen molar-refractivity contribution in [2.24, 2.45) is 0 Å². The number of morpholine rings is 1. The number of likely N-dealkylation sites (tertiary alicyclic amines) is 1. The number of piperidine rings is 1. The Labute approximate surface area is 223 Å². The fourth-order valence-electron chi connectivity index (χ4n) is 5.30. The Bertz CT molecular complexity index is 1470. The molecule has 39 heavy (non-hydrogen) atoms. The molecule has 5 heterocycles. The summed E-state index contributed by atoms with van der Waals surface area (Å²) in [5.41, 5.74) is 3.81. The van der Waals surface area contributed by atoms with Crippen molar-refractivity contribution >= 4 is 22.8 Å². The number of ether oxygens (including phenoxy) is 2. The van der Waals surface area contributed by atoms with Crippen LogP contribution in [0.5, 0.6) is 5.75 Å². The van der Waals surface area contributed by atoms with E-state index in [0.29, 0.717) is 43.4 Å². The number of carbonyl (C=O) groups excluding carboxylic acids is 1. The van der Waals surface area contributed by atoms with E-state index in [2.05, 4.69) is 14.2 Å². The number of fused-ring (bicyclic) bond motifs is 1. The Morgan fingerprint density at radius 2 is 1.90 bits per heavy atom. The Morgan fingerprint density at radius 3 is 2.64 bits per heavy atom. The molecule has 1 amide bonds. The van der Waals surface area contributed by atoms with E-state index >= 15 is 0 Å². The van der Waals surface area contributed by atoms with Gasteiger partial charge >= 0.3 is 6.61 Å². The number of pyridine rings is 1. The third-order valence-corrected chi connectivity index (χ3v) is 7.33. The van der Waals surface area contributed by atoms with Gasteiger partial charge in [0, 0.05) is 57.0 Å². The van der Waals surface area contributed by atoms with Crippen molar-refractivity contribution in [3.63, 3.8) is 0 Å². The van der Waals surface area contributed by atoms with Crippen LogP contribution in [0.1, 0.15) is 25.8 Å². The van der Waals surface area contributed by atoms with Crippen LogP contribution in [0.15, 0.2) is 48.9 Å². The highest BCUT2D eigenvalue weighted by atomic mass is 19.3. The van der Waals surface area contributed by atoms with Gasteiger partial charge in [0.05, 0.1) is 30.9 Å². The smallest absolute Gasteiger partial charge is 0.387 e. The molecule has 0 atom stereocenters. The molecular weight excluding hydrogens is 508 g/mol. The Kier molecular flexibility index (Phi) is 6.86. The maximum atomic E-state index is 12.7. The van der Waals surface area contributed by atoms with Gasteiger partial charge in [-0.15, -0.1) is 0 Å². The van der Waals surface area contributed by atoms with Crippen molar-refractivity contribution in [2.45, 2.75) is 32.4 Å². The zero-order valence-electron chi connectivity index (χ0n) is 21.5. The number of nitrogens with zero attached hydrogens (tertiary/aromatic N) is 7. The predicted octanol–water partition coefficient (Wildman–Crippen LogP) is 3.91. The summed E-state index contributed by atoms with van der Waals surface area (Å²) in [6, 6.07) is 10.5. The van der Waals surface area contributed by atoms with E-state index in [9.17, 15) is 13.6 Å². The standard InChI is InChI=1S/C27H29F2N7O3/c1-18(37)33-8-5-20(6-9-33)35-17-30-25-23(34-11-13-38-14-12-34)16-24(31-26(25)35)36-10-7-22(32-36)19-3-2-4-21(15-19)39-27(28)29/h2-4,7,10,15-17,20,27H,5-6,8-9,11-14H2,1H3. The summed E-state index contributed by atoms with van der Waals surface area (Å²) >= 11 is 0. The zero-order chi connectivity index (χ0) is 26.9. The van der Waals surface area contributed by atoms with Crippen LogP contribution in [0.4, 0.5) is 14.5 Å². The molecule has 0 unspecified atom stereocenters. The third-order valence-electron chi connectivity index (χ3n) is 7.33. The fraction of sp³-hybridized carbons (Fsp3) is 0.407. The van der Waals surface area contributed by atoms with Gasteiger partial charge in [0.1, 0.15) is 11.3 Å². The van der Waals surface area contributed by atoms with Crippen LogP contribution in [-0.2, 0) is 9.53 Å². The summed E-state index contributed by atoms with van der Waals surface area (Å²) < 4.78 is 39.4. The number of rotatable bonds is 6. The molecule has 0 aliphatic carbocycles. The van der Waals surface area contributed by atoms with E-state index < -0.39 is 6.61 Å². The third kappa shape index (κ3) is 5.16. The summed E-state index contributed by atoms with van der Waals surface area (Å²) in [4.78, 5) is 25.7. The van der Waals surface area contributed by atoms with Crippen LogP contribution < -0.4 is 9.64 Å². The molecule has 0 bridgehead atoms. The van der Waals surface area contributed by atoms with Crippen LogP contribution in [0.2, 0.25) is 0 Å². The lowest BCUT2D eigenvalue weighted by atomic mass is 10.0. The quantitative estimate of drug-likeness (QED) is 0.369. The van der Waals surface area contributed by atoms with E-state index in [4.69, 9.17) is 19.8 Å². The Hall–Kier alpha value is -4.06. The van der Waals surface area contributed by atoms with Gasteiger partial charge in [-0.3, -0.25) is 4.79 Å². The summed E-state index contributed by atoms with van der Waals surface area (Å²) in [5, 5.41) is 4.71. The van der Waals surface area contributed by atoms with Gasteiger partial charge in [-0.2, -0.15) is 13.9 Å². The normalized spacial score (nSPS) is 16.8. The SMILES string of the molecule is CC(=O)N1CCC(n2cnc3c(N4CCOCC4)cc(-n4ccc(-c5cccc(OC(F)F)c5)n4)nc32)CC1. The Balaban J connectivity index is 1.38. The number of imidazole rings is 1. The fourth-order valence-corrected chi connectivity index (χ4v) is 5.30. The van der Waals surface area contributed by atoms with Gasteiger partial charge in [0.15, 0.2) is 11.5 Å².